The summed E-state index contributed by atoms with van der Waals surface area (Å²) in [6, 6.07) is -5.61. The number of hydrogen-bond acceptors (Lipinski definition) is 9. The fraction of sp³-hybridized carbons (Fsp3) is 0.625. The topological polar surface area (TPSA) is 251 Å². The average molecular weight is 465 g/mol. The Morgan fingerprint density at radius 1 is 0.806 bits per heavy atom. The Morgan fingerprint density at radius 2 is 1.29 bits per heavy atom. The van der Waals surface area contributed by atoms with Crippen LogP contribution in [0.1, 0.15) is 25.7 Å². The third kappa shape index (κ3) is 11.2. The molecule has 0 radical (unpaired) electrons. The zero-order chi connectivity index (χ0) is 24.1. The number of nitrogens with two attached hydrogens (primary N) is 2. The first-order valence-electron chi connectivity index (χ1n) is 9.04. The molecule has 4 unspecified atom stereocenters. The monoisotopic (exact) mass is 465 g/mol. The van der Waals surface area contributed by atoms with Crippen molar-refractivity contribution < 1.29 is 44.1 Å². The maximum Gasteiger partial charge on any atom is 0.326 e. The molecule has 0 aromatic carbocycles. The van der Waals surface area contributed by atoms with Gasteiger partial charge in [0, 0.05) is 18.6 Å². The lowest BCUT2D eigenvalue weighted by Gasteiger charge is -2.24. The molecule has 0 aliphatic carbocycles. The van der Waals surface area contributed by atoms with Gasteiger partial charge in [0.25, 0.3) is 0 Å². The van der Waals surface area contributed by atoms with E-state index in [4.69, 9.17) is 21.7 Å². The number of carboxylic acid groups (broad SMARTS) is 2. The van der Waals surface area contributed by atoms with Crippen LogP contribution in [0, 0.1) is 0 Å². The molecular formula is C16H27N5O9S. The van der Waals surface area contributed by atoms with Gasteiger partial charge < -0.3 is 42.7 Å². The van der Waals surface area contributed by atoms with Crippen LogP contribution in [0.25, 0.3) is 0 Å². The van der Waals surface area contributed by atoms with E-state index >= 15 is 0 Å². The third-order valence-corrected chi connectivity index (χ3v) is 4.32. The molecule has 4 amide bonds. The molecule has 10 N–H and O–H groups in total. The predicted molar refractivity (Wildman–Crippen MR) is 108 cm³/mol. The van der Waals surface area contributed by atoms with E-state index in [2.05, 4.69) is 28.6 Å². The zero-order valence-corrected chi connectivity index (χ0v) is 17.3. The van der Waals surface area contributed by atoms with Crippen molar-refractivity contribution in [2.24, 2.45) is 11.5 Å². The van der Waals surface area contributed by atoms with E-state index in [9.17, 15) is 33.9 Å². The summed E-state index contributed by atoms with van der Waals surface area (Å²) in [5.41, 5.74) is 10.4. The van der Waals surface area contributed by atoms with Crippen LogP contribution < -0.4 is 27.4 Å². The number of carbonyl (C=O) groups excluding carboxylic acids is 4. The van der Waals surface area contributed by atoms with Gasteiger partial charge in [-0.05, 0) is 12.8 Å². The molecule has 0 aliphatic rings. The molecule has 176 valence electrons. The number of hydrogen-bond donors (Lipinski definition) is 9. The van der Waals surface area contributed by atoms with Crippen molar-refractivity contribution in [3.63, 3.8) is 0 Å². The lowest BCUT2D eigenvalue weighted by molar-refractivity contribution is -0.143. The van der Waals surface area contributed by atoms with E-state index in [0.29, 0.717) is 0 Å². The van der Waals surface area contributed by atoms with Crippen LogP contribution in [-0.2, 0) is 28.8 Å². The number of primary amides is 1. The van der Waals surface area contributed by atoms with E-state index in [-0.39, 0.29) is 25.0 Å². The lowest BCUT2D eigenvalue weighted by atomic mass is 10.1. The second-order valence-corrected chi connectivity index (χ2v) is 6.80. The van der Waals surface area contributed by atoms with Crippen molar-refractivity contribution in [3.05, 3.63) is 0 Å². The Hall–Kier alpha value is -2.91. The fourth-order valence-corrected chi connectivity index (χ4v) is 2.35. The summed E-state index contributed by atoms with van der Waals surface area (Å²) in [5, 5.41) is 33.7. The number of aliphatic hydroxyl groups is 1. The largest absolute Gasteiger partial charge is 0.481 e. The third-order valence-electron chi connectivity index (χ3n) is 3.92. The van der Waals surface area contributed by atoms with Gasteiger partial charge >= 0.3 is 11.9 Å². The van der Waals surface area contributed by atoms with E-state index in [1.165, 1.54) is 0 Å². The van der Waals surface area contributed by atoms with E-state index < -0.39 is 72.8 Å². The quantitative estimate of drug-likeness (QED) is 0.106. The highest BCUT2D eigenvalue weighted by molar-refractivity contribution is 7.80. The molecule has 15 heteroatoms. The van der Waals surface area contributed by atoms with Crippen LogP contribution in [0.2, 0.25) is 0 Å². The van der Waals surface area contributed by atoms with Crippen molar-refractivity contribution in [3.8, 4) is 0 Å². The van der Waals surface area contributed by atoms with Gasteiger partial charge in [-0.1, -0.05) is 0 Å². The highest BCUT2D eigenvalue weighted by Gasteiger charge is 2.30. The Bertz CT molecular complexity index is 690. The van der Waals surface area contributed by atoms with Gasteiger partial charge in [0.2, 0.25) is 23.6 Å². The molecule has 0 aromatic rings. The first-order valence-corrected chi connectivity index (χ1v) is 9.67. The van der Waals surface area contributed by atoms with Crippen LogP contribution in [-0.4, -0.2) is 87.4 Å². The molecule has 0 fully saturated rings. The Balaban J connectivity index is 5.23. The van der Waals surface area contributed by atoms with Gasteiger partial charge in [0.05, 0.1) is 12.6 Å². The minimum absolute atomic E-state index is 0.0529. The molecule has 0 heterocycles. The smallest absolute Gasteiger partial charge is 0.326 e. The molecule has 0 aliphatic heterocycles. The summed E-state index contributed by atoms with van der Waals surface area (Å²) in [4.78, 5) is 69.5. The van der Waals surface area contributed by atoms with Gasteiger partial charge in [-0.15, -0.1) is 0 Å². The summed E-state index contributed by atoms with van der Waals surface area (Å²) in [5.74, 6) is -6.43. The second-order valence-electron chi connectivity index (χ2n) is 6.43. The zero-order valence-electron chi connectivity index (χ0n) is 16.4. The van der Waals surface area contributed by atoms with Gasteiger partial charge in [0.15, 0.2) is 0 Å². The summed E-state index contributed by atoms with van der Waals surface area (Å²) in [6.07, 6.45) is -1.50. The van der Waals surface area contributed by atoms with Crippen LogP contribution in [0.15, 0.2) is 0 Å². The number of carboxylic acids is 2. The standard InChI is InChI=1S/C16H27N5O9S/c17-7(6-31)13(26)19-8(2-4-12(24)25)14(27)21-10(5-22)15(28)20-9(16(29)30)1-3-11(18)23/h7-10,22,31H,1-6,17H2,(H2,18,23)(H,19,26)(H,20,28)(H,21,27)(H,24,25)(H,29,30). The van der Waals surface area contributed by atoms with Gasteiger partial charge in [-0.3, -0.25) is 24.0 Å². The number of aliphatic carboxylic acids is 2. The highest BCUT2D eigenvalue weighted by Crippen LogP contribution is 2.02. The highest BCUT2D eigenvalue weighted by atomic mass is 32.1. The Morgan fingerprint density at radius 3 is 1.74 bits per heavy atom. The summed E-state index contributed by atoms with van der Waals surface area (Å²) >= 11 is 3.85. The van der Waals surface area contributed by atoms with Gasteiger partial charge in [-0.25, -0.2) is 4.79 Å². The minimum Gasteiger partial charge on any atom is -0.481 e. The molecule has 31 heavy (non-hydrogen) atoms. The van der Waals surface area contributed by atoms with Gasteiger partial charge in [0.1, 0.15) is 18.1 Å². The average Bonchev–Trinajstić information content (AvgIpc) is 2.70. The number of carbonyl (C=O) groups is 6. The van der Waals surface area contributed by atoms with Crippen molar-refractivity contribution >= 4 is 48.2 Å². The number of rotatable bonds is 15. The molecule has 0 saturated heterocycles. The van der Waals surface area contributed by atoms with Crippen molar-refractivity contribution in [2.45, 2.75) is 49.9 Å². The maximum absolute atomic E-state index is 12.5. The molecule has 4 atom stereocenters. The predicted octanol–water partition coefficient (Wildman–Crippen LogP) is -4.09. The Labute approximate surface area is 182 Å². The molecule has 0 saturated carbocycles. The molecule has 0 aromatic heterocycles. The van der Waals surface area contributed by atoms with Crippen LogP contribution in [0.4, 0.5) is 0 Å². The first-order chi connectivity index (χ1) is 14.4. The number of nitrogens with one attached hydrogen (secondary N) is 3. The number of thiol groups is 1. The normalized spacial score (nSPS) is 14.4. The molecule has 0 spiro atoms. The van der Waals surface area contributed by atoms with E-state index in [0.717, 1.165) is 0 Å². The van der Waals surface area contributed by atoms with Crippen LogP contribution in [0.3, 0.4) is 0 Å². The second kappa shape index (κ2) is 14.2. The number of amides is 4. The maximum atomic E-state index is 12.5. The van der Waals surface area contributed by atoms with E-state index in [1.807, 2.05) is 0 Å². The SMILES string of the molecule is NC(=O)CCC(NC(=O)C(CO)NC(=O)C(CCC(=O)O)NC(=O)C(N)CS)C(=O)O. The lowest BCUT2D eigenvalue weighted by Crippen LogP contribution is -2.58. The molecule has 0 rings (SSSR count). The number of aliphatic hydroxyl groups excluding tert-OH is 1. The molecular weight excluding hydrogens is 438 g/mol. The summed E-state index contributed by atoms with van der Waals surface area (Å²) < 4.78 is 0. The Kier molecular flexibility index (Phi) is 12.8. The van der Waals surface area contributed by atoms with Crippen LogP contribution >= 0.6 is 12.6 Å². The van der Waals surface area contributed by atoms with Crippen molar-refractivity contribution in [1.82, 2.24) is 16.0 Å². The molecule has 0 bridgehead atoms. The van der Waals surface area contributed by atoms with E-state index in [1.54, 1.807) is 0 Å². The van der Waals surface area contributed by atoms with Crippen LogP contribution in [0.5, 0.6) is 0 Å². The fourth-order valence-electron chi connectivity index (χ4n) is 2.18. The molecule has 14 nitrogen and oxygen atoms in total. The van der Waals surface area contributed by atoms with Crippen molar-refractivity contribution in [1.29, 1.82) is 0 Å². The summed E-state index contributed by atoms with van der Waals surface area (Å²) in [6.45, 7) is -0.935. The van der Waals surface area contributed by atoms with Crippen molar-refractivity contribution in [2.75, 3.05) is 12.4 Å². The van der Waals surface area contributed by atoms with Gasteiger partial charge in [-0.2, -0.15) is 12.6 Å². The summed E-state index contributed by atoms with van der Waals surface area (Å²) in [7, 11) is 0. The first kappa shape index (κ1) is 28.1. The minimum atomic E-state index is -1.62.